The molecule has 3 rings (SSSR count). The third kappa shape index (κ3) is 5.58. The number of hydrogen-bond donors (Lipinski definition) is 2. The van der Waals surface area contributed by atoms with Crippen molar-refractivity contribution >= 4 is 5.91 Å². The zero-order valence-corrected chi connectivity index (χ0v) is 16.3. The molecule has 0 saturated carbocycles. The SMILES string of the molecule is C[C@H](CO)NC(=O)c1cnc(Oc2ccc(C(F)(F)F)cc2)c(-c2cccc(F)c2)c1. The first-order valence-electron chi connectivity index (χ1n) is 9.20. The Morgan fingerprint density at radius 1 is 1.16 bits per heavy atom. The number of aromatic nitrogens is 1. The van der Waals surface area contributed by atoms with Gasteiger partial charge in [0.15, 0.2) is 0 Å². The summed E-state index contributed by atoms with van der Waals surface area (Å²) in [7, 11) is 0. The number of halogens is 4. The molecule has 1 amide bonds. The number of carbonyl (C=O) groups excluding carboxylic acids is 1. The normalized spacial score (nSPS) is 12.3. The highest BCUT2D eigenvalue weighted by molar-refractivity contribution is 5.95. The molecule has 0 aliphatic heterocycles. The molecule has 2 aromatic carbocycles. The van der Waals surface area contributed by atoms with Crippen LogP contribution in [-0.4, -0.2) is 28.6 Å². The zero-order valence-electron chi connectivity index (χ0n) is 16.3. The lowest BCUT2D eigenvalue weighted by atomic mass is 10.0. The van der Waals surface area contributed by atoms with Crippen LogP contribution in [0, 0.1) is 5.82 Å². The summed E-state index contributed by atoms with van der Waals surface area (Å²) in [4.78, 5) is 16.5. The maximum Gasteiger partial charge on any atom is 0.416 e. The quantitative estimate of drug-likeness (QED) is 0.547. The van der Waals surface area contributed by atoms with Crippen molar-refractivity contribution in [2.45, 2.75) is 19.1 Å². The molecular weight excluding hydrogens is 416 g/mol. The second-order valence-corrected chi connectivity index (χ2v) is 6.77. The van der Waals surface area contributed by atoms with E-state index in [1.54, 1.807) is 13.0 Å². The van der Waals surface area contributed by atoms with E-state index in [0.717, 1.165) is 24.3 Å². The summed E-state index contributed by atoms with van der Waals surface area (Å²) < 4.78 is 57.7. The molecule has 0 radical (unpaired) electrons. The number of nitrogens with one attached hydrogen (secondary N) is 1. The van der Waals surface area contributed by atoms with Crippen molar-refractivity contribution in [2.75, 3.05) is 6.61 Å². The van der Waals surface area contributed by atoms with Crippen LogP contribution in [0.1, 0.15) is 22.8 Å². The summed E-state index contributed by atoms with van der Waals surface area (Å²) in [6.07, 6.45) is -3.26. The van der Waals surface area contributed by atoms with Crippen molar-refractivity contribution in [2.24, 2.45) is 0 Å². The standard InChI is InChI=1S/C22H18F4N2O3/c1-13(12-29)28-20(30)15-10-19(14-3-2-4-17(23)9-14)21(27-11-15)31-18-7-5-16(6-8-18)22(24,25)26/h2-11,13,29H,12H2,1H3,(H,28,30)/t13-/m1/s1. The molecule has 9 heteroatoms. The van der Waals surface area contributed by atoms with E-state index in [4.69, 9.17) is 9.84 Å². The number of hydrogen-bond acceptors (Lipinski definition) is 4. The van der Waals surface area contributed by atoms with Crippen LogP contribution >= 0.6 is 0 Å². The van der Waals surface area contributed by atoms with Crippen LogP contribution < -0.4 is 10.1 Å². The predicted octanol–water partition coefficient (Wildman–Crippen LogP) is 4.81. The average molecular weight is 434 g/mol. The number of benzene rings is 2. The summed E-state index contributed by atoms with van der Waals surface area (Å²) in [5, 5.41) is 11.7. The molecule has 1 aromatic heterocycles. The fraction of sp³-hybridized carbons (Fsp3) is 0.182. The second-order valence-electron chi connectivity index (χ2n) is 6.77. The minimum absolute atomic E-state index is 0.0166. The third-order valence-electron chi connectivity index (χ3n) is 4.30. The molecule has 5 nitrogen and oxygen atoms in total. The molecule has 0 aliphatic rings. The Balaban J connectivity index is 1.98. The van der Waals surface area contributed by atoms with Crippen LogP contribution in [0.2, 0.25) is 0 Å². The highest BCUT2D eigenvalue weighted by Gasteiger charge is 2.30. The molecular formula is C22H18F4N2O3. The molecule has 0 bridgehead atoms. The van der Waals surface area contributed by atoms with Crippen molar-refractivity contribution in [1.82, 2.24) is 10.3 Å². The Morgan fingerprint density at radius 2 is 1.87 bits per heavy atom. The van der Waals surface area contributed by atoms with E-state index in [9.17, 15) is 22.4 Å². The highest BCUT2D eigenvalue weighted by atomic mass is 19.4. The molecule has 0 aliphatic carbocycles. The van der Waals surface area contributed by atoms with Crippen LogP contribution in [0.4, 0.5) is 17.6 Å². The largest absolute Gasteiger partial charge is 0.438 e. The summed E-state index contributed by atoms with van der Waals surface area (Å²) in [5.74, 6) is -0.962. The highest BCUT2D eigenvalue weighted by Crippen LogP contribution is 2.34. The molecule has 0 fully saturated rings. The first kappa shape index (κ1) is 22.2. The van der Waals surface area contributed by atoms with Gasteiger partial charge >= 0.3 is 6.18 Å². The number of aliphatic hydroxyl groups is 1. The van der Waals surface area contributed by atoms with Gasteiger partial charge in [-0.25, -0.2) is 9.37 Å². The van der Waals surface area contributed by atoms with Crippen LogP contribution in [0.15, 0.2) is 60.8 Å². The van der Waals surface area contributed by atoms with Crippen molar-refractivity contribution in [1.29, 1.82) is 0 Å². The van der Waals surface area contributed by atoms with Gasteiger partial charge in [-0.05, 0) is 55.0 Å². The van der Waals surface area contributed by atoms with Crippen molar-refractivity contribution in [3.63, 3.8) is 0 Å². The maximum atomic E-state index is 13.8. The minimum atomic E-state index is -4.48. The number of aliphatic hydroxyl groups excluding tert-OH is 1. The summed E-state index contributed by atoms with van der Waals surface area (Å²) in [6, 6.07) is 10.5. The van der Waals surface area contributed by atoms with E-state index in [0.29, 0.717) is 5.56 Å². The van der Waals surface area contributed by atoms with E-state index >= 15 is 0 Å². The Labute approximate surface area is 175 Å². The smallest absolute Gasteiger partial charge is 0.416 e. The van der Waals surface area contributed by atoms with E-state index in [2.05, 4.69) is 10.3 Å². The fourth-order valence-electron chi connectivity index (χ4n) is 2.70. The van der Waals surface area contributed by atoms with Gasteiger partial charge in [-0.1, -0.05) is 12.1 Å². The van der Waals surface area contributed by atoms with Crippen LogP contribution in [0.25, 0.3) is 11.1 Å². The first-order chi connectivity index (χ1) is 14.7. The van der Waals surface area contributed by atoms with Crippen molar-refractivity contribution in [3.8, 4) is 22.8 Å². The fourth-order valence-corrected chi connectivity index (χ4v) is 2.70. The Bertz CT molecular complexity index is 1070. The zero-order chi connectivity index (χ0) is 22.6. The van der Waals surface area contributed by atoms with Crippen LogP contribution in [-0.2, 0) is 6.18 Å². The third-order valence-corrected chi connectivity index (χ3v) is 4.30. The van der Waals surface area contributed by atoms with Crippen molar-refractivity contribution in [3.05, 3.63) is 77.7 Å². The Hall–Kier alpha value is -3.46. The van der Waals surface area contributed by atoms with Gasteiger partial charge in [0.1, 0.15) is 11.6 Å². The van der Waals surface area contributed by atoms with E-state index in [1.807, 2.05) is 0 Å². The number of rotatable bonds is 6. The number of amides is 1. The van der Waals surface area contributed by atoms with E-state index in [1.165, 1.54) is 30.5 Å². The van der Waals surface area contributed by atoms with Crippen LogP contribution in [0.5, 0.6) is 11.6 Å². The number of pyridine rings is 1. The van der Waals surface area contributed by atoms with E-state index in [-0.39, 0.29) is 29.4 Å². The lowest BCUT2D eigenvalue weighted by Gasteiger charge is -2.14. The van der Waals surface area contributed by atoms with Gasteiger partial charge in [-0.2, -0.15) is 13.2 Å². The monoisotopic (exact) mass is 434 g/mol. The number of carbonyl (C=O) groups is 1. The molecule has 31 heavy (non-hydrogen) atoms. The molecule has 0 spiro atoms. The summed E-state index contributed by atoms with van der Waals surface area (Å²) >= 11 is 0. The average Bonchev–Trinajstić information content (AvgIpc) is 2.73. The molecule has 2 N–H and O–H groups in total. The minimum Gasteiger partial charge on any atom is -0.438 e. The van der Waals surface area contributed by atoms with Crippen LogP contribution in [0.3, 0.4) is 0 Å². The Kier molecular flexibility index (Phi) is 6.55. The summed E-state index contributed by atoms with van der Waals surface area (Å²) in [6.45, 7) is 1.35. The van der Waals surface area contributed by atoms with E-state index < -0.39 is 29.5 Å². The predicted molar refractivity (Wildman–Crippen MR) is 105 cm³/mol. The lowest BCUT2D eigenvalue weighted by Crippen LogP contribution is -2.35. The summed E-state index contributed by atoms with van der Waals surface area (Å²) in [5.41, 5.74) is -0.0644. The van der Waals surface area contributed by atoms with Gasteiger partial charge < -0.3 is 15.2 Å². The van der Waals surface area contributed by atoms with Gasteiger partial charge in [0.25, 0.3) is 5.91 Å². The van der Waals surface area contributed by atoms with Gasteiger partial charge in [0.2, 0.25) is 5.88 Å². The molecule has 162 valence electrons. The number of nitrogens with zero attached hydrogens (tertiary/aromatic N) is 1. The molecule has 1 atom stereocenters. The number of ether oxygens (including phenoxy) is 1. The van der Waals surface area contributed by atoms with Gasteiger partial charge in [-0.15, -0.1) is 0 Å². The van der Waals surface area contributed by atoms with Gasteiger partial charge in [0.05, 0.1) is 17.7 Å². The van der Waals surface area contributed by atoms with Gasteiger partial charge in [-0.3, -0.25) is 4.79 Å². The van der Waals surface area contributed by atoms with Gasteiger partial charge in [0, 0.05) is 17.8 Å². The topological polar surface area (TPSA) is 71.5 Å². The van der Waals surface area contributed by atoms with Crippen molar-refractivity contribution < 1.29 is 32.2 Å². The molecule has 0 unspecified atom stereocenters. The molecule has 1 heterocycles. The maximum absolute atomic E-state index is 13.8. The Morgan fingerprint density at radius 3 is 2.48 bits per heavy atom. The molecule has 0 saturated heterocycles. The molecule has 3 aromatic rings. The second kappa shape index (κ2) is 9.13. The lowest BCUT2D eigenvalue weighted by molar-refractivity contribution is -0.137. The first-order valence-corrected chi connectivity index (χ1v) is 9.20. The number of alkyl halides is 3.